The van der Waals surface area contributed by atoms with Crippen LogP contribution in [0, 0.1) is 6.85 Å². The Hall–Kier alpha value is -6.52. The molecule has 0 N–H and O–H groups in total. The van der Waals surface area contributed by atoms with Gasteiger partial charge in [0.05, 0.1) is 44.8 Å². The first-order chi connectivity index (χ1) is 25.4. The SMILES string of the molecule is [2H]C([2H])([2H])c1ccc(-c2nc3cc(-c4cc5ccc(-c6ccccc6)nc5c5nc(-c6ccccc6)ccc45)ccc3nc2-c2ccccc2)cc1. The molecule has 0 atom stereocenters. The third-order valence-corrected chi connectivity index (χ3v) is 8.96. The molecule has 3 aromatic heterocycles. The van der Waals surface area contributed by atoms with Crippen LogP contribution >= 0.6 is 0 Å². The Morgan fingerprint density at radius 3 is 1.61 bits per heavy atom. The van der Waals surface area contributed by atoms with Crippen molar-refractivity contribution in [1.29, 1.82) is 0 Å². The molecule has 0 aliphatic carbocycles. The zero-order chi connectivity index (χ0) is 35.2. The van der Waals surface area contributed by atoms with Crippen LogP contribution in [-0.4, -0.2) is 19.9 Å². The highest BCUT2D eigenvalue weighted by Crippen LogP contribution is 2.38. The van der Waals surface area contributed by atoms with E-state index in [1.807, 2.05) is 84.9 Å². The third kappa shape index (κ3) is 5.30. The molecule has 0 saturated carbocycles. The summed E-state index contributed by atoms with van der Waals surface area (Å²) in [6.07, 6.45) is 0. The minimum absolute atomic E-state index is 0.283. The van der Waals surface area contributed by atoms with Crippen LogP contribution in [0.25, 0.3) is 89.0 Å². The van der Waals surface area contributed by atoms with Crippen LogP contribution in [0.1, 0.15) is 9.68 Å². The van der Waals surface area contributed by atoms with Crippen LogP contribution in [-0.2, 0) is 0 Å². The fraction of sp³-hybridized carbons (Fsp3) is 0.0222. The lowest BCUT2D eigenvalue weighted by atomic mass is 9.96. The van der Waals surface area contributed by atoms with E-state index >= 15 is 0 Å². The topological polar surface area (TPSA) is 51.6 Å². The normalized spacial score (nSPS) is 12.5. The van der Waals surface area contributed by atoms with Crippen molar-refractivity contribution in [3.05, 3.63) is 169 Å². The molecule has 0 saturated heterocycles. The molecule has 0 fully saturated rings. The van der Waals surface area contributed by atoms with E-state index in [1.54, 1.807) is 12.1 Å². The Balaban J connectivity index is 1.25. The first kappa shape index (κ1) is 25.6. The van der Waals surface area contributed by atoms with Gasteiger partial charge in [0.25, 0.3) is 0 Å². The highest BCUT2D eigenvalue weighted by Gasteiger charge is 2.17. The summed E-state index contributed by atoms with van der Waals surface area (Å²) in [6, 6.07) is 54.1. The molecule has 0 amide bonds. The quantitative estimate of drug-likeness (QED) is 0.178. The van der Waals surface area contributed by atoms with Crippen molar-refractivity contribution in [3.63, 3.8) is 0 Å². The second-order valence-electron chi connectivity index (χ2n) is 12.1. The van der Waals surface area contributed by atoms with Crippen LogP contribution < -0.4 is 0 Å². The van der Waals surface area contributed by atoms with Gasteiger partial charge in [0.15, 0.2) is 0 Å². The van der Waals surface area contributed by atoms with Crippen LogP contribution in [0.2, 0.25) is 0 Å². The van der Waals surface area contributed by atoms with E-state index in [2.05, 4.69) is 66.7 Å². The van der Waals surface area contributed by atoms with Gasteiger partial charge in [-0.2, -0.15) is 0 Å². The molecule has 0 aliphatic heterocycles. The van der Waals surface area contributed by atoms with Crippen LogP contribution in [0.4, 0.5) is 0 Å². The summed E-state index contributed by atoms with van der Waals surface area (Å²) >= 11 is 0. The zero-order valence-electron chi connectivity index (χ0n) is 29.4. The molecule has 4 nitrogen and oxygen atoms in total. The average molecular weight is 630 g/mol. The van der Waals surface area contributed by atoms with Crippen molar-refractivity contribution >= 4 is 32.8 Å². The minimum atomic E-state index is -2.19. The molecule has 0 spiro atoms. The maximum atomic E-state index is 7.85. The predicted octanol–water partition coefficient (Wildman–Crippen LogP) is 11.4. The largest absolute Gasteiger partial charge is 0.245 e. The number of rotatable bonds is 5. The highest BCUT2D eigenvalue weighted by molar-refractivity contribution is 6.11. The first-order valence-electron chi connectivity index (χ1n) is 17.7. The number of pyridine rings is 2. The number of aromatic nitrogens is 4. The van der Waals surface area contributed by atoms with E-state index in [1.165, 1.54) is 0 Å². The molecular formula is C45H30N4. The van der Waals surface area contributed by atoms with E-state index in [0.717, 1.165) is 83.3 Å². The van der Waals surface area contributed by atoms with Crippen molar-refractivity contribution in [2.24, 2.45) is 0 Å². The standard InChI is InChI=1S/C45H30N4/c1-29-17-19-33(20-18-29)43-42(32-15-9-4-10-16-32)48-40-25-21-34(28-41(40)49-43)37-27-35-22-24-38(30-11-5-2-6-12-30)46-44(35)45-36(37)23-26-39(47-45)31-13-7-3-8-14-31/h2-28H,1H3/i1D3. The first-order valence-corrected chi connectivity index (χ1v) is 16.2. The Morgan fingerprint density at radius 2 is 0.959 bits per heavy atom. The van der Waals surface area contributed by atoms with Gasteiger partial charge in [-0.1, -0.05) is 133 Å². The zero-order valence-corrected chi connectivity index (χ0v) is 26.4. The second kappa shape index (κ2) is 11.9. The van der Waals surface area contributed by atoms with Gasteiger partial charge >= 0.3 is 0 Å². The van der Waals surface area contributed by atoms with E-state index < -0.39 is 6.85 Å². The molecule has 0 bridgehead atoms. The molecule has 6 aromatic carbocycles. The van der Waals surface area contributed by atoms with Gasteiger partial charge in [0, 0.05) is 37.1 Å². The lowest BCUT2D eigenvalue weighted by molar-refractivity contribution is 1.29. The van der Waals surface area contributed by atoms with Crippen LogP contribution in [0.5, 0.6) is 0 Å². The average Bonchev–Trinajstić information content (AvgIpc) is 3.20. The number of nitrogens with zero attached hydrogens (tertiary/aromatic N) is 4. The number of fused-ring (bicyclic) bond motifs is 4. The predicted molar refractivity (Wildman–Crippen MR) is 202 cm³/mol. The Labute approximate surface area is 288 Å². The minimum Gasteiger partial charge on any atom is -0.245 e. The summed E-state index contributed by atoms with van der Waals surface area (Å²) < 4.78 is 23.5. The summed E-state index contributed by atoms with van der Waals surface area (Å²) in [6.45, 7) is -2.19. The van der Waals surface area contributed by atoms with E-state index in [0.29, 0.717) is 5.69 Å². The summed E-state index contributed by atoms with van der Waals surface area (Å²) in [7, 11) is 0. The molecule has 0 aliphatic rings. The molecule has 230 valence electrons. The molecule has 49 heavy (non-hydrogen) atoms. The lowest BCUT2D eigenvalue weighted by Crippen LogP contribution is -1.96. The van der Waals surface area contributed by atoms with E-state index in [9.17, 15) is 0 Å². The van der Waals surface area contributed by atoms with Gasteiger partial charge in [-0.3, -0.25) is 0 Å². The molecular weight excluding hydrogens is 597 g/mol. The Kier molecular flexibility index (Phi) is 6.22. The van der Waals surface area contributed by atoms with E-state index in [-0.39, 0.29) is 5.56 Å². The summed E-state index contributed by atoms with van der Waals surface area (Å²) in [4.78, 5) is 20.8. The summed E-state index contributed by atoms with van der Waals surface area (Å²) in [5.74, 6) is 0. The van der Waals surface area contributed by atoms with Crippen molar-refractivity contribution in [1.82, 2.24) is 19.9 Å². The van der Waals surface area contributed by atoms with Crippen LogP contribution in [0.3, 0.4) is 0 Å². The molecule has 3 heterocycles. The maximum absolute atomic E-state index is 7.85. The van der Waals surface area contributed by atoms with Gasteiger partial charge in [-0.15, -0.1) is 0 Å². The van der Waals surface area contributed by atoms with Crippen molar-refractivity contribution in [2.45, 2.75) is 6.85 Å². The molecule has 9 rings (SSSR count). The number of hydrogen-bond donors (Lipinski definition) is 0. The Morgan fingerprint density at radius 1 is 0.408 bits per heavy atom. The van der Waals surface area contributed by atoms with Crippen molar-refractivity contribution in [2.75, 3.05) is 0 Å². The fourth-order valence-electron chi connectivity index (χ4n) is 6.49. The second-order valence-corrected chi connectivity index (χ2v) is 12.1. The smallest absolute Gasteiger partial charge is 0.0978 e. The Bertz CT molecular complexity index is 2750. The van der Waals surface area contributed by atoms with Gasteiger partial charge in [0.1, 0.15) is 0 Å². The third-order valence-electron chi connectivity index (χ3n) is 8.96. The summed E-state index contributed by atoms with van der Waals surface area (Å²) in [5, 5.41) is 1.97. The van der Waals surface area contributed by atoms with Gasteiger partial charge in [0.2, 0.25) is 0 Å². The van der Waals surface area contributed by atoms with Gasteiger partial charge < -0.3 is 0 Å². The monoisotopic (exact) mass is 629 g/mol. The van der Waals surface area contributed by atoms with Gasteiger partial charge in [-0.25, -0.2) is 19.9 Å². The van der Waals surface area contributed by atoms with E-state index in [4.69, 9.17) is 24.0 Å². The molecule has 9 aromatic rings. The molecule has 0 radical (unpaired) electrons. The van der Waals surface area contributed by atoms with Gasteiger partial charge in [-0.05, 0) is 54.4 Å². The number of benzene rings is 6. The number of hydrogen-bond acceptors (Lipinski definition) is 4. The van der Waals surface area contributed by atoms with Crippen molar-refractivity contribution < 1.29 is 4.11 Å². The van der Waals surface area contributed by atoms with Crippen LogP contribution in [0.15, 0.2) is 164 Å². The summed E-state index contributed by atoms with van der Waals surface area (Å²) in [5.41, 5.74) is 12.4. The maximum Gasteiger partial charge on any atom is 0.0978 e. The lowest BCUT2D eigenvalue weighted by Gasteiger charge is -2.14. The molecule has 4 heteroatoms. The fourth-order valence-corrected chi connectivity index (χ4v) is 6.49. The molecule has 0 unspecified atom stereocenters. The number of aryl methyl sites for hydroxylation is 1. The van der Waals surface area contributed by atoms with Crippen molar-refractivity contribution in [3.8, 4) is 56.2 Å². The highest BCUT2D eigenvalue weighted by atomic mass is 14.8.